The van der Waals surface area contributed by atoms with Gasteiger partial charge in [-0.15, -0.1) is 0 Å². The molecule has 0 spiro atoms. The molecule has 0 aromatic rings. The maximum atomic E-state index is 5.72. The molecule has 0 radical (unpaired) electrons. The first kappa shape index (κ1) is 13.3. The molecule has 2 unspecified atom stereocenters. The second-order valence-corrected chi connectivity index (χ2v) is 5.18. The zero-order valence-electron chi connectivity index (χ0n) is 11.0. The monoisotopic (exact) mass is 242 g/mol. The molecule has 2 atom stereocenters. The lowest BCUT2D eigenvalue weighted by molar-refractivity contribution is 0.0587. The SMILES string of the molecule is COCCN(CC1CCCN1)CC1CCCO1. The first-order valence-corrected chi connectivity index (χ1v) is 6.95. The smallest absolute Gasteiger partial charge is 0.0702 e. The summed E-state index contributed by atoms with van der Waals surface area (Å²) in [6, 6.07) is 0.674. The van der Waals surface area contributed by atoms with E-state index in [0.29, 0.717) is 12.1 Å². The van der Waals surface area contributed by atoms with Crippen molar-refractivity contribution in [1.29, 1.82) is 0 Å². The minimum absolute atomic E-state index is 0.452. The molecule has 2 heterocycles. The summed E-state index contributed by atoms with van der Waals surface area (Å²) < 4.78 is 10.9. The molecule has 100 valence electrons. The Labute approximate surface area is 105 Å². The molecule has 0 bridgehead atoms. The van der Waals surface area contributed by atoms with E-state index in [1.54, 1.807) is 7.11 Å². The zero-order chi connectivity index (χ0) is 11.9. The van der Waals surface area contributed by atoms with Crippen LogP contribution in [0.25, 0.3) is 0 Å². The molecule has 2 fully saturated rings. The minimum Gasteiger partial charge on any atom is -0.383 e. The van der Waals surface area contributed by atoms with Crippen molar-refractivity contribution in [3.8, 4) is 0 Å². The predicted molar refractivity (Wildman–Crippen MR) is 68.3 cm³/mol. The Hall–Kier alpha value is -0.160. The fourth-order valence-electron chi connectivity index (χ4n) is 2.78. The number of ether oxygens (including phenoxy) is 2. The normalized spacial score (nSPS) is 29.3. The van der Waals surface area contributed by atoms with E-state index in [1.165, 1.54) is 32.2 Å². The van der Waals surface area contributed by atoms with Gasteiger partial charge in [0.2, 0.25) is 0 Å². The van der Waals surface area contributed by atoms with E-state index in [9.17, 15) is 0 Å². The standard InChI is InChI=1S/C13H26N2O2/c1-16-9-7-15(10-12-4-2-6-14-12)11-13-5-3-8-17-13/h12-14H,2-11H2,1H3. The molecule has 4 heteroatoms. The van der Waals surface area contributed by atoms with Gasteiger partial charge in [-0.25, -0.2) is 0 Å². The molecule has 1 N–H and O–H groups in total. The van der Waals surface area contributed by atoms with Gasteiger partial charge < -0.3 is 14.8 Å². The highest BCUT2D eigenvalue weighted by molar-refractivity contribution is 4.80. The third-order valence-electron chi connectivity index (χ3n) is 3.74. The average molecular weight is 242 g/mol. The van der Waals surface area contributed by atoms with Gasteiger partial charge in [-0.1, -0.05) is 0 Å². The number of hydrogen-bond donors (Lipinski definition) is 1. The van der Waals surface area contributed by atoms with E-state index < -0.39 is 0 Å². The quantitative estimate of drug-likeness (QED) is 0.718. The van der Waals surface area contributed by atoms with Gasteiger partial charge in [0.1, 0.15) is 0 Å². The molecular formula is C13H26N2O2. The highest BCUT2D eigenvalue weighted by Gasteiger charge is 2.22. The van der Waals surface area contributed by atoms with Crippen LogP contribution in [0.15, 0.2) is 0 Å². The number of nitrogens with one attached hydrogen (secondary N) is 1. The summed E-state index contributed by atoms with van der Waals surface area (Å²) in [6.45, 7) is 6.19. The predicted octanol–water partition coefficient (Wildman–Crippen LogP) is 0.866. The molecule has 2 saturated heterocycles. The molecule has 2 aliphatic rings. The van der Waals surface area contributed by atoms with Crippen LogP contribution in [0.3, 0.4) is 0 Å². The van der Waals surface area contributed by atoms with Crippen molar-refractivity contribution in [2.75, 3.05) is 46.5 Å². The lowest BCUT2D eigenvalue weighted by Crippen LogP contribution is -2.42. The van der Waals surface area contributed by atoms with Gasteiger partial charge in [-0.05, 0) is 32.2 Å². The summed E-state index contributed by atoms with van der Waals surface area (Å²) in [6.07, 6.45) is 5.54. The van der Waals surface area contributed by atoms with Gasteiger partial charge in [0.25, 0.3) is 0 Å². The van der Waals surface area contributed by atoms with Crippen LogP contribution in [-0.2, 0) is 9.47 Å². The van der Waals surface area contributed by atoms with Crippen molar-refractivity contribution in [2.45, 2.75) is 37.8 Å². The fraction of sp³-hybridized carbons (Fsp3) is 1.00. The Morgan fingerprint density at radius 3 is 2.88 bits per heavy atom. The second-order valence-electron chi connectivity index (χ2n) is 5.18. The van der Waals surface area contributed by atoms with Gasteiger partial charge in [0, 0.05) is 39.4 Å². The van der Waals surface area contributed by atoms with E-state index >= 15 is 0 Å². The molecule has 17 heavy (non-hydrogen) atoms. The topological polar surface area (TPSA) is 33.7 Å². The molecule has 2 aliphatic heterocycles. The molecule has 0 aromatic carbocycles. The maximum Gasteiger partial charge on any atom is 0.0702 e. The molecule has 0 saturated carbocycles. The molecule has 4 nitrogen and oxygen atoms in total. The molecule has 0 aliphatic carbocycles. The largest absolute Gasteiger partial charge is 0.383 e. The minimum atomic E-state index is 0.452. The maximum absolute atomic E-state index is 5.72. The first-order valence-electron chi connectivity index (χ1n) is 6.95. The number of methoxy groups -OCH3 is 1. The van der Waals surface area contributed by atoms with Crippen molar-refractivity contribution >= 4 is 0 Å². The van der Waals surface area contributed by atoms with Crippen molar-refractivity contribution in [2.24, 2.45) is 0 Å². The fourth-order valence-corrected chi connectivity index (χ4v) is 2.78. The van der Waals surface area contributed by atoms with Crippen molar-refractivity contribution in [1.82, 2.24) is 10.2 Å². The van der Waals surface area contributed by atoms with E-state index in [4.69, 9.17) is 9.47 Å². The van der Waals surface area contributed by atoms with Gasteiger partial charge in [-0.2, -0.15) is 0 Å². The van der Waals surface area contributed by atoms with E-state index in [0.717, 1.165) is 32.8 Å². The number of rotatable bonds is 7. The Kier molecular flexibility index (Phi) is 5.71. The van der Waals surface area contributed by atoms with Crippen molar-refractivity contribution < 1.29 is 9.47 Å². The first-order chi connectivity index (χ1) is 8.38. The van der Waals surface area contributed by atoms with Crippen molar-refractivity contribution in [3.05, 3.63) is 0 Å². The van der Waals surface area contributed by atoms with Crippen LogP contribution in [-0.4, -0.2) is 63.5 Å². The van der Waals surface area contributed by atoms with Crippen LogP contribution >= 0.6 is 0 Å². The average Bonchev–Trinajstić information content (AvgIpc) is 2.99. The van der Waals surface area contributed by atoms with E-state index in [1.807, 2.05) is 0 Å². The summed E-state index contributed by atoms with van der Waals surface area (Å²) in [4.78, 5) is 2.50. The van der Waals surface area contributed by atoms with Crippen LogP contribution in [0.5, 0.6) is 0 Å². The molecule has 0 aromatic heterocycles. The summed E-state index contributed by atoms with van der Waals surface area (Å²) in [5.41, 5.74) is 0. The van der Waals surface area contributed by atoms with Gasteiger partial charge >= 0.3 is 0 Å². The van der Waals surface area contributed by atoms with Crippen molar-refractivity contribution in [3.63, 3.8) is 0 Å². The van der Waals surface area contributed by atoms with Gasteiger partial charge in [0.05, 0.1) is 12.7 Å². The Morgan fingerprint density at radius 2 is 2.24 bits per heavy atom. The Morgan fingerprint density at radius 1 is 1.29 bits per heavy atom. The molecular weight excluding hydrogens is 216 g/mol. The van der Waals surface area contributed by atoms with Crippen LogP contribution < -0.4 is 5.32 Å². The second kappa shape index (κ2) is 7.31. The number of hydrogen-bond acceptors (Lipinski definition) is 4. The van der Waals surface area contributed by atoms with E-state index in [-0.39, 0.29) is 0 Å². The van der Waals surface area contributed by atoms with Crippen LogP contribution in [0, 0.1) is 0 Å². The lowest BCUT2D eigenvalue weighted by atomic mass is 10.2. The van der Waals surface area contributed by atoms with Crippen LogP contribution in [0.4, 0.5) is 0 Å². The lowest BCUT2D eigenvalue weighted by Gasteiger charge is -2.27. The highest BCUT2D eigenvalue weighted by atomic mass is 16.5. The number of nitrogens with zero attached hydrogens (tertiary/aromatic N) is 1. The summed E-state index contributed by atoms with van der Waals surface area (Å²) in [5, 5.41) is 3.57. The Bertz CT molecular complexity index is 184. The van der Waals surface area contributed by atoms with Crippen LogP contribution in [0.1, 0.15) is 25.7 Å². The highest BCUT2D eigenvalue weighted by Crippen LogP contribution is 2.14. The van der Waals surface area contributed by atoms with Gasteiger partial charge in [0.15, 0.2) is 0 Å². The zero-order valence-corrected chi connectivity index (χ0v) is 11.0. The molecule has 2 rings (SSSR count). The molecule has 0 amide bonds. The summed E-state index contributed by atoms with van der Waals surface area (Å²) in [5.74, 6) is 0. The third-order valence-corrected chi connectivity index (χ3v) is 3.74. The third kappa shape index (κ3) is 4.54. The Balaban J connectivity index is 1.74. The summed E-state index contributed by atoms with van der Waals surface area (Å²) in [7, 11) is 1.78. The summed E-state index contributed by atoms with van der Waals surface area (Å²) >= 11 is 0. The van der Waals surface area contributed by atoms with Gasteiger partial charge in [-0.3, -0.25) is 4.90 Å². The van der Waals surface area contributed by atoms with E-state index in [2.05, 4.69) is 10.2 Å². The van der Waals surface area contributed by atoms with Crippen LogP contribution in [0.2, 0.25) is 0 Å².